The molecule has 1 fully saturated rings. The van der Waals surface area contributed by atoms with Gasteiger partial charge in [-0.25, -0.2) is 0 Å². The molecule has 1 amide bonds. The molecule has 0 aliphatic carbocycles. The third-order valence-corrected chi connectivity index (χ3v) is 3.15. The number of nitro benzene ring substituents is 2. The summed E-state index contributed by atoms with van der Waals surface area (Å²) in [5.41, 5.74) is -0.750. The van der Waals surface area contributed by atoms with Crippen LogP contribution in [0, 0.1) is 26.1 Å². The lowest BCUT2D eigenvalue weighted by atomic mass is 10.1. The summed E-state index contributed by atoms with van der Waals surface area (Å²) in [6.07, 6.45) is 1.85. The van der Waals surface area contributed by atoms with E-state index in [0.29, 0.717) is 6.54 Å². The molecule has 1 aromatic rings. The van der Waals surface area contributed by atoms with Gasteiger partial charge in [-0.1, -0.05) is 6.08 Å². The number of nitrogens with zero attached hydrogens (tertiary/aromatic N) is 3. The van der Waals surface area contributed by atoms with Crippen LogP contribution in [0.3, 0.4) is 0 Å². The van der Waals surface area contributed by atoms with Crippen molar-refractivity contribution in [1.82, 2.24) is 0 Å². The van der Waals surface area contributed by atoms with Crippen molar-refractivity contribution in [2.75, 3.05) is 11.4 Å². The van der Waals surface area contributed by atoms with Crippen LogP contribution in [-0.4, -0.2) is 22.3 Å². The van der Waals surface area contributed by atoms with Gasteiger partial charge in [-0.3, -0.25) is 25.0 Å². The van der Waals surface area contributed by atoms with Gasteiger partial charge in [0.25, 0.3) is 11.4 Å². The maximum Gasteiger partial charge on any atom is 0.299 e. The first-order valence-corrected chi connectivity index (χ1v) is 5.79. The van der Waals surface area contributed by atoms with Crippen molar-refractivity contribution in [2.45, 2.75) is 6.42 Å². The zero-order valence-corrected chi connectivity index (χ0v) is 10.4. The van der Waals surface area contributed by atoms with Crippen molar-refractivity contribution < 1.29 is 14.6 Å². The highest BCUT2D eigenvalue weighted by atomic mass is 16.6. The second kappa shape index (κ2) is 5.08. The van der Waals surface area contributed by atoms with E-state index in [1.165, 1.54) is 11.0 Å². The minimum absolute atomic E-state index is 0.0719. The molecule has 0 saturated carbocycles. The van der Waals surface area contributed by atoms with Crippen LogP contribution in [0.15, 0.2) is 30.9 Å². The van der Waals surface area contributed by atoms with Gasteiger partial charge in [0.05, 0.1) is 15.9 Å². The summed E-state index contributed by atoms with van der Waals surface area (Å²) in [5.74, 6) is -0.329. The van der Waals surface area contributed by atoms with Crippen LogP contribution in [0.4, 0.5) is 17.1 Å². The molecule has 20 heavy (non-hydrogen) atoms. The fourth-order valence-electron chi connectivity index (χ4n) is 2.13. The number of carbonyl (C=O) groups excluding carboxylic acids is 1. The molecular formula is C12H11N3O5. The molecule has 0 spiro atoms. The maximum absolute atomic E-state index is 11.9. The Bertz CT molecular complexity index is 613. The molecule has 1 unspecified atom stereocenters. The van der Waals surface area contributed by atoms with Crippen LogP contribution in [0.1, 0.15) is 6.42 Å². The second-order valence-corrected chi connectivity index (χ2v) is 4.39. The average molecular weight is 277 g/mol. The molecule has 1 aliphatic heterocycles. The Labute approximate surface area is 113 Å². The van der Waals surface area contributed by atoms with E-state index in [0.717, 1.165) is 12.1 Å². The average Bonchev–Trinajstić information content (AvgIpc) is 2.79. The molecule has 1 heterocycles. The molecule has 8 heteroatoms. The Morgan fingerprint density at radius 2 is 2.00 bits per heavy atom. The van der Waals surface area contributed by atoms with Gasteiger partial charge in [0.15, 0.2) is 0 Å². The summed E-state index contributed by atoms with van der Waals surface area (Å²) in [7, 11) is 0. The fourth-order valence-corrected chi connectivity index (χ4v) is 2.13. The Kier molecular flexibility index (Phi) is 3.47. The first-order valence-electron chi connectivity index (χ1n) is 5.79. The lowest BCUT2D eigenvalue weighted by Crippen LogP contribution is -2.25. The standard InChI is InChI=1S/C12H11N3O5/c1-2-8-5-12(16)13(7-8)10-4-3-9(14(17)18)6-11(10)15(19)20/h2-4,6,8H,1,5,7H2. The zero-order valence-electron chi connectivity index (χ0n) is 10.4. The van der Waals surface area contributed by atoms with Crippen LogP contribution >= 0.6 is 0 Å². The molecule has 8 nitrogen and oxygen atoms in total. The first kappa shape index (κ1) is 13.7. The molecule has 0 N–H and O–H groups in total. The minimum Gasteiger partial charge on any atom is -0.306 e. The normalized spacial score (nSPS) is 18.1. The molecule has 1 aromatic carbocycles. The molecule has 104 valence electrons. The number of benzene rings is 1. The highest BCUT2D eigenvalue weighted by Gasteiger charge is 2.33. The monoisotopic (exact) mass is 277 g/mol. The van der Waals surface area contributed by atoms with Crippen LogP contribution in [0.5, 0.6) is 0 Å². The molecular weight excluding hydrogens is 266 g/mol. The summed E-state index contributed by atoms with van der Waals surface area (Å²) >= 11 is 0. The van der Waals surface area contributed by atoms with E-state index in [2.05, 4.69) is 6.58 Å². The SMILES string of the molecule is C=CC1CC(=O)N(c2ccc([N+](=O)[O-])cc2[N+](=O)[O-])C1. The lowest BCUT2D eigenvalue weighted by molar-refractivity contribution is -0.393. The Balaban J connectivity index is 2.46. The molecule has 1 saturated heterocycles. The van der Waals surface area contributed by atoms with Crippen LogP contribution < -0.4 is 4.90 Å². The van der Waals surface area contributed by atoms with Crippen molar-refractivity contribution in [3.8, 4) is 0 Å². The third-order valence-electron chi connectivity index (χ3n) is 3.15. The van der Waals surface area contributed by atoms with Gasteiger partial charge in [0, 0.05) is 24.9 Å². The predicted molar refractivity (Wildman–Crippen MR) is 70.4 cm³/mol. The lowest BCUT2D eigenvalue weighted by Gasteiger charge is -2.15. The quantitative estimate of drug-likeness (QED) is 0.475. The molecule has 1 aliphatic rings. The van der Waals surface area contributed by atoms with Gasteiger partial charge in [0.2, 0.25) is 5.91 Å². The topological polar surface area (TPSA) is 107 Å². The Morgan fingerprint density at radius 3 is 2.50 bits per heavy atom. The van der Waals surface area contributed by atoms with E-state index in [9.17, 15) is 25.0 Å². The van der Waals surface area contributed by atoms with Gasteiger partial charge < -0.3 is 4.90 Å². The van der Waals surface area contributed by atoms with E-state index in [1.807, 2.05) is 0 Å². The van der Waals surface area contributed by atoms with Crippen LogP contribution in [0.25, 0.3) is 0 Å². The van der Waals surface area contributed by atoms with E-state index in [4.69, 9.17) is 0 Å². The Hall–Kier alpha value is -2.77. The first-order chi connectivity index (χ1) is 9.43. The fraction of sp³-hybridized carbons (Fsp3) is 0.250. The molecule has 0 aromatic heterocycles. The van der Waals surface area contributed by atoms with Gasteiger partial charge >= 0.3 is 0 Å². The number of non-ortho nitro benzene ring substituents is 1. The van der Waals surface area contributed by atoms with E-state index in [1.54, 1.807) is 6.08 Å². The number of anilines is 1. The van der Waals surface area contributed by atoms with Crippen molar-refractivity contribution in [3.63, 3.8) is 0 Å². The smallest absolute Gasteiger partial charge is 0.299 e. The Morgan fingerprint density at radius 1 is 1.30 bits per heavy atom. The number of hydrogen-bond donors (Lipinski definition) is 0. The number of amides is 1. The van der Waals surface area contributed by atoms with Gasteiger partial charge in [-0.15, -0.1) is 6.58 Å². The van der Waals surface area contributed by atoms with Crippen LogP contribution in [-0.2, 0) is 4.79 Å². The van der Waals surface area contributed by atoms with Crippen molar-refractivity contribution in [3.05, 3.63) is 51.1 Å². The minimum atomic E-state index is -0.725. The van der Waals surface area contributed by atoms with Gasteiger partial charge in [-0.2, -0.15) is 0 Å². The molecule has 0 bridgehead atoms. The summed E-state index contributed by atoms with van der Waals surface area (Å²) < 4.78 is 0. The van der Waals surface area contributed by atoms with Gasteiger partial charge in [0.1, 0.15) is 5.69 Å². The van der Waals surface area contributed by atoms with E-state index < -0.39 is 15.5 Å². The van der Waals surface area contributed by atoms with Crippen molar-refractivity contribution in [1.29, 1.82) is 0 Å². The van der Waals surface area contributed by atoms with E-state index >= 15 is 0 Å². The third kappa shape index (κ3) is 2.35. The predicted octanol–water partition coefficient (Wildman–Crippen LogP) is 2.04. The van der Waals surface area contributed by atoms with E-state index in [-0.39, 0.29) is 29.6 Å². The van der Waals surface area contributed by atoms with Crippen molar-refractivity contribution >= 4 is 23.0 Å². The highest BCUT2D eigenvalue weighted by molar-refractivity contribution is 5.98. The van der Waals surface area contributed by atoms with Gasteiger partial charge in [-0.05, 0) is 6.07 Å². The summed E-state index contributed by atoms with van der Waals surface area (Å²) in [5, 5.41) is 21.7. The molecule has 1 atom stereocenters. The van der Waals surface area contributed by atoms with Crippen LogP contribution in [0.2, 0.25) is 0 Å². The number of nitro groups is 2. The number of rotatable bonds is 4. The number of carbonyl (C=O) groups is 1. The largest absolute Gasteiger partial charge is 0.306 e. The second-order valence-electron chi connectivity index (χ2n) is 4.39. The summed E-state index contributed by atoms with van der Waals surface area (Å²) in [6.45, 7) is 3.89. The highest BCUT2D eigenvalue weighted by Crippen LogP contribution is 2.35. The molecule has 0 radical (unpaired) electrons. The molecule has 2 rings (SSSR count). The maximum atomic E-state index is 11.9. The number of hydrogen-bond acceptors (Lipinski definition) is 5. The summed E-state index contributed by atoms with van der Waals surface area (Å²) in [4.78, 5) is 33.4. The summed E-state index contributed by atoms with van der Waals surface area (Å²) in [6, 6.07) is 3.25. The van der Waals surface area contributed by atoms with Crippen molar-refractivity contribution in [2.24, 2.45) is 5.92 Å². The zero-order chi connectivity index (χ0) is 14.9.